The Hall–Kier alpha value is -3.61. The number of benzene rings is 2. The van der Waals surface area contributed by atoms with Crippen molar-refractivity contribution in [2.24, 2.45) is 0 Å². The zero-order valence-corrected chi connectivity index (χ0v) is 16.8. The largest absolute Gasteiger partial charge is 0.485 e. The molecule has 4 rings (SSSR count). The van der Waals surface area contributed by atoms with Crippen LogP contribution < -0.4 is 10.1 Å². The molecule has 0 radical (unpaired) electrons. The summed E-state index contributed by atoms with van der Waals surface area (Å²) in [5.41, 5.74) is 3.54. The van der Waals surface area contributed by atoms with E-state index in [-0.39, 0.29) is 25.0 Å². The molecule has 1 N–H and O–H groups in total. The number of hydrogen-bond acceptors (Lipinski definition) is 5. The van der Waals surface area contributed by atoms with Crippen LogP contribution in [0.15, 0.2) is 59.1 Å². The molecule has 2 amide bonds. The molecule has 0 atom stereocenters. The summed E-state index contributed by atoms with van der Waals surface area (Å²) in [4.78, 5) is 25.4. The number of hydrogen-bond donors (Lipinski definition) is 1. The number of aromatic nitrogens is 1. The third-order valence-electron chi connectivity index (χ3n) is 4.91. The fraction of sp³-hybridized carbons (Fsp3) is 0.261. The zero-order valence-electron chi connectivity index (χ0n) is 16.8. The lowest BCUT2D eigenvalue weighted by Crippen LogP contribution is -2.33. The fourth-order valence-electron chi connectivity index (χ4n) is 3.30. The molecular weight excluding hydrogens is 382 g/mol. The van der Waals surface area contributed by atoms with Gasteiger partial charge < -0.3 is 19.5 Å². The van der Waals surface area contributed by atoms with Gasteiger partial charge in [-0.3, -0.25) is 9.59 Å². The number of ether oxygens (including phenoxy) is 1. The minimum Gasteiger partial charge on any atom is -0.485 e. The maximum absolute atomic E-state index is 12.2. The lowest BCUT2D eigenvalue weighted by Gasteiger charge is -2.15. The molecule has 2 heterocycles. The molecule has 7 nitrogen and oxygen atoms in total. The molecule has 1 fully saturated rings. The number of likely N-dealkylation sites (tertiary alicyclic amines) is 1. The van der Waals surface area contributed by atoms with Gasteiger partial charge in [-0.05, 0) is 25.5 Å². The molecule has 1 aromatic heterocycles. The second-order valence-electron chi connectivity index (χ2n) is 7.33. The molecule has 3 aromatic rings. The van der Waals surface area contributed by atoms with Crippen molar-refractivity contribution in [3.05, 3.63) is 65.9 Å². The number of aryl methyl sites for hydroxylation is 1. The fourth-order valence-corrected chi connectivity index (χ4v) is 3.30. The monoisotopic (exact) mass is 405 g/mol. The van der Waals surface area contributed by atoms with E-state index in [9.17, 15) is 9.59 Å². The van der Waals surface area contributed by atoms with Gasteiger partial charge in [0, 0.05) is 36.3 Å². The second kappa shape index (κ2) is 8.82. The normalized spacial score (nSPS) is 13.5. The highest BCUT2D eigenvalue weighted by Crippen LogP contribution is 2.22. The molecule has 0 aliphatic carbocycles. The predicted molar refractivity (Wildman–Crippen MR) is 112 cm³/mol. The maximum atomic E-state index is 12.2. The van der Waals surface area contributed by atoms with Crippen LogP contribution in [0.1, 0.15) is 24.2 Å². The summed E-state index contributed by atoms with van der Waals surface area (Å²) in [6.45, 7) is 2.97. The first kappa shape index (κ1) is 19.7. The summed E-state index contributed by atoms with van der Waals surface area (Å²) in [6.07, 6.45) is 1.33. The molecule has 154 valence electrons. The van der Waals surface area contributed by atoms with Gasteiger partial charge in [-0.15, -0.1) is 0 Å². The number of anilines is 1. The molecule has 1 aliphatic rings. The molecule has 0 bridgehead atoms. The third-order valence-corrected chi connectivity index (χ3v) is 4.91. The van der Waals surface area contributed by atoms with Gasteiger partial charge in [-0.2, -0.15) is 0 Å². The number of carbonyl (C=O) groups excluding carboxylic acids is 2. The van der Waals surface area contributed by atoms with Crippen LogP contribution in [0.5, 0.6) is 5.75 Å². The predicted octanol–water partition coefficient (Wildman–Crippen LogP) is 3.79. The van der Waals surface area contributed by atoms with Crippen molar-refractivity contribution in [1.29, 1.82) is 0 Å². The number of nitrogens with zero attached hydrogens (tertiary/aromatic N) is 2. The van der Waals surface area contributed by atoms with E-state index in [0.717, 1.165) is 17.7 Å². The summed E-state index contributed by atoms with van der Waals surface area (Å²) in [6, 6.07) is 17.0. The van der Waals surface area contributed by atoms with E-state index in [4.69, 9.17) is 9.26 Å². The summed E-state index contributed by atoms with van der Waals surface area (Å²) >= 11 is 0. The first-order chi connectivity index (χ1) is 14.6. The van der Waals surface area contributed by atoms with Gasteiger partial charge in [0.1, 0.15) is 18.1 Å². The Morgan fingerprint density at radius 1 is 1.20 bits per heavy atom. The van der Waals surface area contributed by atoms with Crippen molar-refractivity contribution in [2.45, 2.75) is 26.4 Å². The molecule has 1 aliphatic heterocycles. The molecule has 1 saturated heterocycles. The van der Waals surface area contributed by atoms with Gasteiger partial charge in [0.2, 0.25) is 11.8 Å². The Morgan fingerprint density at radius 3 is 2.80 bits per heavy atom. The smallest absolute Gasteiger partial charge is 0.243 e. The molecular formula is C23H23N3O4. The maximum Gasteiger partial charge on any atom is 0.243 e. The van der Waals surface area contributed by atoms with E-state index in [1.54, 1.807) is 29.2 Å². The molecule has 0 spiro atoms. The zero-order chi connectivity index (χ0) is 20.9. The van der Waals surface area contributed by atoms with E-state index in [0.29, 0.717) is 30.2 Å². The van der Waals surface area contributed by atoms with E-state index >= 15 is 0 Å². The lowest BCUT2D eigenvalue weighted by molar-refractivity contribution is -0.131. The SMILES string of the molecule is Cc1ccc(-c2cc(COc3cccc(NC(=O)CN4CCCC4=O)c3)on2)cc1. The van der Waals surface area contributed by atoms with Crippen LogP contribution in [0.25, 0.3) is 11.3 Å². The van der Waals surface area contributed by atoms with Crippen LogP contribution in [0.2, 0.25) is 0 Å². The van der Waals surface area contributed by atoms with Crippen molar-refractivity contribution in [3.63, 3.8) is 0 Å². The average Bonchev–Trinajstić information content (AvgIpc) is 3.37. The summed E-state index contributed by atoms with van der Waals surface area (Å²) in [5.74, 6) is 1.01. The molecule has 0 unspecified atom stereocenters. The van der Waals surface area contributed by atoms with Crippen LogP contribution in [0, 0.1) is 6.92 Å². The van der Waals surface area contributed by atoms with Crippen molar-refractivity contribution >= 4 is 17.5 Å². The molecule has 7 heteroatoms. The summed E-state index contributed by atoms with van der Waals surface area (Å²) in [7, 11) is 0. The molecule has 0 saturated carbocycles. The average molecular weight is 405 g/mol. The number of rotatable bonds is 7. The van der Waals surface area contributed by atoms with Gasteiger partial charge in [-0.1, -0.05) is 41.1 Å². The summed E-state index contributed by atoms with van der Waals surface area (Å²) < 4.78 is 11.2. The standard InChI is InChI=1S/C23H23N3O4/c1-16-7-9-17(10-8-16)21-13-20(30-25-21)15-29-19-5-2-4-18(12-19)24-22(27)14-26-11-3-6-23(26)28/h2,4-5,7-10,12-13H,3,6,11,14-15H2,1H3,(H,24,27). The van der Waals surface area contributed by atoms with Crippen LogP contribution >= 0.6 is 0 Å². The van der Waals surface area contributed by atoms with Crippen LogP contribution in [0.4, 0.5) is 5.69 Å². The quantitative estimate of drug-likeness (QED) is 0.646. The molecule has 2 aromatic carbocycles. The van der Waals surface area contributed by atoms with Gasteiger partial charge >= 0.3 is 0 Å². The number of amides is 2. The minimum absolute atomic E-state index is 0.0271. The third kappa shape index (κ3) is 4.86. The van der Waals surface area contributed by atoms with Crippen molar-refractivity contribution < 1.29 is 18.8 Å². The van der Waals surface area contributed by atoms with Gasteiger partial charge in [-0.25, -0.2) is 0 Å². The Labute approximate surface area is 174 Å². The lowest BCUT2D eigenvalue weighted by atomic mass is 10.1. The van der Waals surface area contributed by atoms with Gasteiger partial charge in [0.15, 0.2) is 5.76 Å². The van der Waals surface area contributed by atoms with Crippen molar-refractivity contribution in [1.82, 2.24) is 10.1 Å². The van der Waals surface area contributed by atoms with E-state index in [1.807, 2.05) is 37.3 Å². The summed E-state index contributed by atoms with van der Waals surface area (Å²) in [5, 5.41) is 6.91. The van der Waals surface area contributed by atoms with Crippen LogP contribution in [-0.2, 0) is 16.2 Å². The first-order valence-electron chi connectivity index (χ1n) is 9.90. The van der Waals surface area contributed by atoms with Gasteiger partial charge in [0.25, 0.3) is 0 Å². The van der Waals surface area contributed by atoms with Gasteiger partial charge in [0.05, 0.1) is 6.54 Å². The Bertz CT molecular complexity index is 1040. The molecule has 30 heavy (non-hydrogen) atoms. The van der Waals surface area contributed by atoms with E-state index in [1.165, 1.54) is 5.56 Å². The van der Waals surface area contributed by atoms with Crippen LogP contribution in [0.3, 0.4) is 0 Å². The van der Waals surface area contributed by atoms with E-state index in [2.05, 4.69) is 10.5 Å². The Balaban J connectivity index is 1.33. The van der Waals surface area contributed by atoms with Crippen molar-refractivity contribution in [3.8, 4) is 17.0 Å². The topological polar surface area (TPSA) is 84.7 Å². The minimum atomic E-state index is -0.222. The number of nitrogens with one attached hydrogen (secondary N) is 1. The Morgan fingerprint density at radius 2 is 2.03 bits per heavy atom. The Kier molecular flexibility index (Phi) is 5.79. The number of carbonyl (C=O) groups is 2. The first-order valence-corrected chi connectivity index (χ1v) is 9.90. The van der Waals surface area contributed by atoms with Crippen LogP contribution in [-0.4, -0.2) is 35.0 Å². The van der Waals surface area contributed by atoms with Crippen molar-refractivity contribution in [2.75, 3.05) is 18.4 Å². The highest BCUT2D eigenvalue weighted by Gasteiger charge is 2.22. The highest BCUT2D eigenvalue weighted by atomic mass is 16.5. The highest BCUT2D eigenvalue weighted by molar-refractivity contribution is 5.95. The second-order valence-corrected chi connectivity index (χ2v) is 7.33. The van der Waals surface area contributed by atoms with E-state index < -0.39 is 0 Å².